The van der Waals surface area contributed by atoms with Gasteiger partial charge in [0, 0.05) is 28.1 Å². The fourth-order valence-corrected chi connectivity index (χ4v) is 4.29. The van der Waals surface area contributed by atoms with E-state index in [1.807, 2.05) is 19.1 Å². The highest BCUT2D eigenvalue weighted by Gasteiger charge is 2.28. The van der Waals surface area contributed by atoms with Crippen LogP contribution in [0, 0.1) is 13.8 Å². The van der Waals surface area contributed by atoms with Crippen molar-refractivity contribution in [2.75, 3.05) is 0 Å². The summed E-state index contributed by atoms with van der Waals surface area (Å²) in [6.45, 7) is 3.65. The highest BCUT2D eigenvalue weighted by molar-refractivity contribution is 6.36. The number of rotatable bonds is 4. The van der Waals surface area contributed by atoms with Gasteiger partial charge in [-0.2, -0.15) is 5.10 Å². The number of furan rings is 1. The largest absolute Gasteiger partial charge is 0.455 e. The number of nitrogens with zero attached hydrogens (tertiary/aromatic N) is 1. The van der Waals surface area contributed by atoms with Crippen molar-refractivity contribution in [2.24, 2.45) is 5.10 Å². The molecule has 1 aliphatic carbocycles. The number of nitrogens with one attached hydrogen (secondary N) is 3. The van der Waals surface area contributed by atoms with E-state index in [9.17, 15) is 14.4 Å². The zero-order valence-corrected chi connectivity index (χ0v) is 20.5. The van der Waals surface area contributed by atoms with Gasteiger partial charge in [0.1, 0.15) is 5.76 Å². The molecule has 0 unspecified atom stereocenters. The van der Waals surface area contributed by atoms with Gasteiger partial charge in [0.15, 0.2) is 5.76 Å². The number of fused-ring (bicyclic) bond motifs is 1. The lowest BCUT2D eigenvalue weighted by molar-refractivity contribution is 0.0829. The van der Waals surface area contributed by atoms with Crippen LogP contribution in [0.3, 0.4) is 0 Å². The molecule has 8 nitrogen and oxygen atoms in total. The van der Waals surface area contributed by atoms with E-state index in [2.05, 4.69) is 21.4 Å². The third kappa shape index (κ3) is 5.39. The minimum Gasteiger partial charge on any atom is -0.455 e. The van der Waals surface area contributed by atoms with E-state index in [0.717, 1.165) is 12.0 Å². The number of hydrogen-bond donors (Lipinski definition) is 3. The van der Waals surface area contributed by atoms with Gasteiger partial charge in [-0.05, 0) is 57.0 Å². The van der Waals surface area contributed by atoms with Gasteiger partial charge in [-0.3, -0.25) is 25.2 Å². The van der Waals surface area contributed by atoms with Crippen LogP contribution in [0.2, 0.25) is 10.0 Å². The van der Waals surface area contributed by atoms with Crippen molar-refractivity contribution in [3.8, 4) is 0 Å². The summed E-state index contributed by atoms with van der Waals surface area (Å²) in [6, 6.07) is 11.5. The molecule has 3 N–H and O–H groups in total. The van der Waals surface area contributed by atoms with E-state index >= 15 is 0 Å². The van der Waals surface area contributed by atoms with E-state index < -0.39 is 17.7 Å². The van der Waals surface area contributed by atoms with Crippen LogP contribution in [0.4, 0.5) is 0 Å². The van der Waals surface area contributed by atoms with Gasteiger partial charge in [0.2, 0.25) is 0 Å². The number of hydrogen-bond acceptors (Lipinski definition) is 5. The summed E-state index contributed by atoms with van der Waals surface area (Å²) in [4.78, 5) is 37.6. The predicted octanol–water partition coefficient (Wildman–Crippen LogP) is 4.75. The van der Waals surface area contributed by atoms with E-state index in [1.54, 1.807) is 25.1 Å². The summed E-state index contributed by atoms with van der Waals surface area (Å²) in [5.74, 6) is -0.849. The zero-order valence-electron chi connectivity index (χ0n) is 19.0. The topological polar surface area (TPSA) is 113 Å². The lowest BCUT2D eigenvalue weighted by atomic mass is 9.93. The summed E-state index contributed by atoms with van der Waals surface area (Å²) in [5, 5.41) is 4.92. The van der Waals surface area contributed by atoms with Crippen LogP contribution in [0.1, 0.15) is 66.6 Å². The summed E-state index contributed by atoms with van der Waals surface area (Å²) in [5.41, 5.74) is 10.8. The van der Waals surface area contributed by atoms with Crippen LogP contribution in [-0.2, 0) is 6.42 Å². The van der Waals surface area contributed by atoms with E-state index in [0.29, 0.717) is 46.0 Å². The molecule has 0 aliphatic heterocycles. The lowest BCUT2D eigenvalue weighted by Crippen LogP contribution is -2.41. The maximum absolute atomic E-state index is 12.7. The number of hydrazone groups is 1. The van der Waals surface area contributed by atoms with Gasteiger partial charge in [0.05, 0.1) is 16.3 Å². The second-order valence-electron chi connectivity index (χ2n) is 8.11. The molecular formula is C25H22Cl2N4O4. The maximum atomic E-state index is 12.7. The molecule has 0 spiro atoms. The molecule has 10 heteroatoms. The highest BCUT2D eigenvalue weighted by Crippen LogP contribution is 2.30. The Morgan fingerprint density at radius 1 is 0.914 bits per heavy atom. The molecule has 1 heterocycles. The van der Waals surface area contributed by atoms with Crippen molar-refractivity contribution in [2.45, 2.75) is 33.1 Å². The Morgan fingerprint density at radius 2 is 1.63 bits per heavy atom. The summed E-state index contributed by atoms with van der Waals surface area (Å²) in [6.07, 6.45) is 1.95. The molecule has 0 saturated heterocycles. The van der Waals surface area contributed by atoms with Crippen molar-refractivity contribution < 1.29 is 18.8 Å². The third-order valence-corrected chi connectivity index (χ3v) is 6.15. The Bertz CT molecular complexity index is 1350. The van der Waals surface area contributed by atoms with E-state index in [1.165, 1.54) is 12.1 Å². The fraction of sp³-hybridized carbons (Fsp3) is 0.200. The van der Waals surface area contributed by atoms with Crippen LogP contribution >= 0.6 is 23.2 Å². The van der Waals surface area contributed by atoms with E-state index in [4.69, 9.17) is 27.6 Å². The first-order chi connectivity index (χ1) is 16.7. The van der Waals surface area contributed by atoms with Gasteiger partial charge >= 0.3 is 5.91 Å². The Morgan fingerprint density at radius 3 is 2.34 bits per heavy atom. The molecular weight excluding hydrogens is 491 g/mol. The number of hydrazine groups is 1. The molecule has 0 radical (unpaired) electrons. The average molecular weight is 513 g/mol. The molecule has 180 valence electrons. The monoisotopic (exact) mass is 512 g/mol. The lowest BCUT2D eigenvalue weighted by Gasteiger charge is -2.13. The van der Waals surface area contributed by atoms with Crippen molar-refractivity contribution in [3.63, 3.8) is 0 Å². The number of amides is 3. The first kappa shape index (κ1) is 24.5. The molecule has 0 saturated carbocycles. The van der Waals surface area contributed by atoms with Gasteiger partial charge in [0.25, 0.3) is 11.8 Å². The predicted molar refractivity (Wildman–Crippen MR) is 133 cm³/mol. The number of carbonyl (C=O) groups is 3. The molecule has 0 atom stereocenters. The van der Waals surface area contributed by atoms with Crippen LogP contribution in [-0.4, -0.2) is 23.4 Å². The normalized spacial score (nSPS) is 13.8. The molecule has 1 aromatic heterocycles. The first-order valence-corrected chi connectivity index (χ1v) is 11.6. The van der Waals surface area contributed by atoms with Crippen LogP contribution in [0.15, 0.2) is 52.0 Å². The second kappa shape index (κ2) is 10.3. The Labute approximate surface area is 211 Å². The standard InChI is InChI=1S/C25H22Cl2N4O4/c1-13-6-8-15(9-7-13)23(32)29-31-25(34)22-14(2)21-19(4-3-5-20(21)35-22)28-30-24(33)17-11-10-16(26)12-18(17)27/h6-12H,3-5H2,1-2H3,(H,29,32)(H,30,33)(H,31,34)/b28-19+. The summed E-state index contributed by atoms with van der Waals surface area (Å²) < 4.78 is 5.81. The van der Waals surface area contributed by atoms with Crippen LogP contribution in [0.25, 0.3) is 0 Å². The van der Waals surface area contributed by atoms with Crippen LogP contribution in [0.5, 0.6) is 0 Å². The molecule has 3 amide bonds. The Balaban J connectivity index is 1.48. The Kier molecular flexibility index (Phi) is 7.23. The smallest absolute Gasteiger partial charge is 0.305 e. The average Bonchev–Trinajstić information content (AvgIpc) is 3.18. The minimum atomic E-state index is -0.589. The number of carbonyl (C=O) groups excluding carboxylic acids is 3. The molecule has 4 rings (SSSR count). The van der Waals surface area contributed by atoms with Gasteiger partial charge in [-0.25, -0.2) is 5.43 Å². The molecule has 1 aliphatic rings. The second-order valence-corrected chi connectivity index (χ2v) is 8.95. The zero-order chi connectivity index (χ0) is 25.1. The van der Waals surface area contributed by atoms with Gasteiger partial charge < -0.3 is 4.42 Å². The van der Waals surface area contributed by atoms with Gasteiger partial charge in [-0.1, -0.05) is 40.9 Å². The molecule has 0 fully saturated rings. The van der Waals surface area contributed by atoms with Gasteiger partial charge in [-0.15, -0.1) is 0 Å². The number of halogens is 2. The quantitative estimate of drug-likeness (QED) is 0.437. The maximum Gasteiger partial charge on any atom is 0.305 e. The third-order valence-electron chi connectivity index (χ3n) is 5.60. The molecule has 0 bridgehead atoms. The SMILES string of the molecule is Cc1ccc(C(=O)NNC(=O)c2oc3c(c2C)/C(=N/NC(=O)c2ccc(Cl)cc2Cl)CCC3)cc1. The molecule has 35 heavy (non-hydrogen) atoms. The van der Waals surface area contributed by atoms with Crippen LogP contribution < -0.4 is 16.3 Å². The summed E-state index contributed by atoms with van der Waals surface area (Å²) >= 11 is 12.0. The van der Waals surface area contributed by atoms with Crippen molar-refractivity contribution in [1.29, 1.82) is 0 Å². The highest BCUT2D eigenvalue weighted by atomic mass is 35.5. The molecule has 2 aromatic carbocycles. The first-order valence-electron chi connectivity index (χ1n) is 10.9. The van der Waals surface area contributed by atoms with E-state index in [-0.39, 0.29) is 16.3 Å². The Hall–Kier alpha value is -3.62. The molecule has 3 aromatic rings. The van der Waals surface area contributed by atoms with Crippen molar-refractivity contribution in [1.82, 2.24) is 16.3 Å². The fourth-order valence-electron chi connectivity index (χ4n) is 3.80. The number of benzene rings is 2. The minimum absolute atomic E-state index is 0.0703. The summed E-state index contributed by atoms with van der Waals surface area (Å²) in [7, 11) is 0. The van der Waals surface area contributed by atoms with Crippen molar-refractivity contribution >= 4 is 46.6 Å². The number of aryl methyl sites for hydroxylation is 2. The van der Waals surface area contributed by atoms with Crippen molar-refractivity contribution in [3.05, 3.63) is 91.8 Å².